The first-order chi connectivity index (χ1) is 22.5. The fourth-order valence-corrected chi connectivity index (χ4v) is 7.32. The molecule has 0 fully saturated rings. The summed E-state index contributed by atoms with van der Waals surface area (Å²) < 4.78 is 55.5. The number of anilines is 1. The lowest BCUT2D eigenvalue weighted by atomic mass is 9.77. The average molecular weight is 664 g/mol. The second-order valence-corrected chi connectivity index (χ2v) is 14.9. The van der Waals surface area contributed by atoms with Gasteiger partial charge in [-0.1, -0.05) is 54.0 Å². The Bertz CT molecular complexity index is 1740. The smallest absolute Gasteiger partial charge is 0.416 e. The van der Waals surface area contributed by atoms with Crippen molar-refractivity contribution in [3.05, 3.63) is 87.8 Å². The minimum Gasteiger partial charge on any atom is -0.496 e. The van der Waals surface area contributed by atoms with Crippen molar-refractivity contribution in [2.24, 2.45) is 11.8 Å². The summed E-state index contributed by atoms with van der Waals surface area (Å²) in [5.41, 5.74) is 4.34. The molecule has 2 aromatic rings. The number of methoxy groups -OCH3 is 2. The number of ether oxygens (including phenoxy) is 2. The molecule has 0 amide bonds. The summed E-state index contributed by atoms with van der Waals surface area (Å²) in [5, 5.41) is 0. The van der Waals surface area contributed by atoms with Crippen molar-refractivity contribution in [2.45, 2.75) is 91.7 Å². The monoisotopic (exact) mass is 663 g/mol. The Kier molecular flexibility index (Phi) is 9.54. The molecule has 8 heteroatoms. The zero-order valence-corrected chi connectivity index (χ0v) is 30.1. The minimum atomic E-state index is -4.45. The van der Waals surface area contributed by atoms with Crippen LogP contribution in [0.3, 0.4) is 0 Å². The Balaban J connectivity index is 1.63. The number of alkyl halides is 3. The van der Waals surface area contributed by atoms with E-state index < -0.39 is 22.6 Å². The van der Waals surface area contributed by atoms with Gasteiger partial charge < -0.3 is 14.4 Å². The summed E-state index contributed by atoms with van der Waals surface area (Å²) in [6, 6.07) is 10.1. The summed E-state index contributed by atoms with van der Waals surface area (Å²) in [7, 11) is 3.25. The van der Waals surface area contributed by atoms with Crippen LogP contribution in [0.4, 0.5) is 24.5 Å². The molecule has 48 heavy (non-hydrogen) atoms. The topological polar surface area (TPSA) is 41.8 Å². The summed E-state index contributed by atoms with van der Waals surface area (Å²) in [4.78, 5) is 16.2. The van der Waals surface area contributed by atoms with E-state index in [1.807, 2.05) is 38.1 Å². The number of fused-ring (bicyclic) bond motifs is 2. The van der Waals surface area contributed by atoms with Crippen molar-refractivity contribution < 1.29 is 32.0 Å². The zero-order valence-electron chi connectivity index (χ0n) is 30.1. The maximum atomic E-state index is 14.1. The standard InChI is InChI=1S/C40H50F3N2O3/c1-11-25(4)18-20-44-30-16-15-26(40(41,42)43)21-29(30)38(5,6)33(44)22-27-36(46)28(37(27)48-10)23-34-39(7,8)35-31(13-12-14-32(35)47-9)45(34)19-17-24(2)3/h12-16,21-25H,11,17-20H2,1-10H3/q+1. The Morgan fingerprint density at radius 3 is 2.27 bits per heavy atom. The van der Waals surface area contributed by atoms with Gasteiger partial charge in [0, 0.05) is 41.9 Å². The molecule has 0 saturated heterocycles. The number of halogens is 3. The number of Topliss-reactive ketones (excluding diaryl/α,β-unsaturated/α-hetero) is 1. The highest BCUT2D eigenvalue weighted by atomic mass is 19.4. The third kappa shape index (κ3) is 6.00. The van der Waals surface area contributed by atoms with E-state index in [2.05, 4.69) is 57.1 Å². The molecule has 5 nitrogen and oxygen atoms in total. The van der Waals surface area contributed by atoms with Crippen molar-refractivity contribution in [3.8, 4) is 5.75 Å². The fraction of sp³-hybridized carbons (Fsp3) is 0.500. The van der Waals surface area contributed by atoms with Gasteiger partial charge in [0.25, 0.3) is 0 Å². The van der Waals surface area contributed by atoms with Crippen LogP contribution in [0.15, 0.2) is 71.2 Å². The quantitative estimate of drug-likeness (QED) is 0.177. The van der Waals surface area contributed by atoms with Gasteiger partial charge in [0.05, 0.1) is 41.9 Å². The second-order valence-electron chi connectivity index (χ2n) is 14.9. The first kappa shape index (κ1) is 35.5. The van der Waals surface area contributed by atoms with Gasteiger partial charge in [-0.2, -0.15) is 17.7 Å². The predicted octanol–water partition coefficient (Wildman–Crippen LogP) is 9.66. The summed E-state index contributed by atoms with van der Waals surface area (Å²) in [5.74, 6) is 2.09. The molecule has 2 aromatic carbocycles. The fourth-order valence-electron chi connectivity index (χ4n) is 7.32. The van der Waals surface area contributed by atoms with Gasteiger partial charge in [-0.15, -0.1) is 0 Å². The Morgan fingerprint density at radius 1 is 0.958 bits per heavy atom. The number of carbonyl (C=O) groups excluding carboxylic acids is 1. The SMILES string of the molecule is CCC(C)CCN1/C(=C/C2=C(OC)C(=CC3=[N+](CCC(C)C)c4cccc(OC)c4C3(C)C)C2=O)C(C)(C)c2cc(C(F)(F)F)ccc21. The van der Waals surface area contributed by atoms with Gasteiger partial charge in [0.15, 0.2) is 5.71 Å². The second kappa shape index (κ2) is 12.9. The Morgan fingerprint density at radius 2 is 1.67 bits per heavy atom. The molecule has 3 aliphatic rings. The lowest BCUT2D eigenvalue weighted by Gasteiger charge is -2.30. The van der Waals surface area contributed by atoms with Crippen molar-refractivity contribution in [3.63, 3.8) is 0 Å². The molecular formula is C40H50F3N2O3+. The third-order valence-electron chi connectivity index (χ3n) is 10.5. The van der Waals surface area contributed by atoms with Crippen LogP contribution >= 0.6 is 0 Å². The number of hydrogen-bond donors (Lipinski definition) is 0. The summed E-state index contributed by atoms with van der Waals surface area (Å²) in [6.07, 6.45) is 2.20. The molecule has 5 rings (SSSR count). The number of rotatable bonds is 11. The molecule has 1 aliphatic carbocycles. The molecule has 0 N–H and O–H groups in total. The number of ketones is 1. The van der Waals surface area contributed by atoms with Crippen LogP contribution < -0.4 is 9.64 Å². The van der Waals surface area contributed by atoms with Crippen LogP contribution in [0, 0.1) is 11.8 Å². The van der Waals surface area contributed by atoms with Crippen LogP contribution in [0.2, 0.25) is 0 Å². The van der Waals surface area contributed by atoms with Crippen molar-refractivity contribution in [1.82, 2.24) is 0 Å². The van der Waals surface area contributed by atoms with Gasteiger partial charge in [0.1, 0.15) is 18.1 Å². The van der Waals surface area contributed by atoms with E-state index in [9.17, 15) is 18.0 Å². The van der Waals surface area contributed by atoms with Gasteiger partial charge in [-0.3, -0.25) is 4.79 Å². The van der Waals surface area contributed by atoms with Crippen LogP contribution in [-0.4, -0.2) is 43.4 Å². The van der Waals surface area contributed by atoms with E-state index in [1.54, 1.807) is 20.3 Å². The number of carbonyl (C=O) groups is 1. The molecule has 0 bridgehead atoms. The lowest BCUT2D eigenvalue weighted by molar-refractivity contribution is -0.439. The highest BCUT2D eigenvalue weighted by molar-refractivity contribution is 6.24. The molecule has 0 radical (unpaired) electrons. The van der Waals surface area contributed by atoms with E-state index in [0.29, 0.717) is 40.8 Å². The van der Waals surface area contributed by atoms with Gasteiger partial charge >= 0.3 is 6.18 Å². The third-order valence-corrected chi connectivity index (χ3v) is 10.5. The summed E-state index contributed by atoms with van der Waals surface area (Å²) >= 11 is 0. The normalized spacial score (nSPS) is 20.5. The van der Waals surface area contributed by atoms with Crippen molar-refractivity contribution in [2.75, 3.05) is 32.2 Å². The maximum absolute atomic E-state index is 14.1. The highest BCUT2D eigenvalue weighted by Gasteiger charge is 2.49. The van der Waals surface area contributed by atoms with Gasteiger partial charge in [0.2, 0.25) is 11.5 Å². The zero-order chi connectivity index (χ0) is 35.3. The number of benzene rings is 2. The average Bonchev–Trinajstić information content (AvgIpc) is 3.38. The molecule has 2 aliphatic heterocycles. The van der Waals surface area contributed by atoms with Crippen LogP contribution in [0.1, 0.15) is 91.3 Å². The van der Waals surface area contributed by atoms with Gasteiger partial charge in [-0.25, -0.2) is 0 Å². The number of nitrogens with zero attached hydrogens (tertiary/aromatic N) is 2. The Hall–Kier alpha value is -3.81. The molecule has 0 spiro atoms. The van der Waals surface area contributed by atoms with E-state index in [0.717, 1.165) is 66.0 Å². The minimum absolute atomic E-state index is 0.140. The lowest BCUT2D eigenvalue weighted by Crippen LogP contribution is -2.33. The van der Waals surface area contributed by atoms with Gasteiger partial charge in [-0.05, 0) is 68.0 Å². The van der Waals surface area contributed by atoms with Crippen LogP contribution in [-0.2, 0) is 26.5 Å². The van der Waals surface area contributed by atoms with E-state index in [4.69, 9.17) is 9.47 Å². The number of allylic oxidation sites excluding steroid dienone is 5. The Labute approximate surface area is 283 Å². The first-order valence-corrected chi connectivity index (χ1v) is 17.1. The molecule has 258 valence electrons. The van der Waals surface area contributed by atoms with E-state index >= 15 is 0 Å². The number of hydrogen-bond acceptors (Lipinski definition) is 4. The molecule has 1 atom stereocenters. The van der Waals surface area contributed by atoms with E-state index in [-0.39, 0.29) is 5.78 Å². The molecular weight excluding hydrogens is 613 g/mol. The van der Waals surface area contributed by atoms with E-state index in [1.165, 1.54) is 6.07 Å². The van der Waals surface area contributed by atoms with Crippen LogP contribution in [0.25, 0.3) is 0 Å². The van der Waals surface area contributed by atoms with Crippen molar-refractivity contribution >= 4 is 22.9 Å². The molecule has 0 saturated carbocycles. The van der Waals surface area contributed by atoms with Crippen LogP contribution in [0.5, 0.6) is 5.75 Å². The highest BCUT2D eigenvalue weighted by Crippen LogP contribution is 2.51. The molecule has 2 heterocycles. The first-order valence-electron chi connectivity index (χ1n) is 17.1. The van der Waals surface area contributed by atoms with Crippen molar-refractivity contribution in [1.29, 1.82) is 0 Å². The largest absolute Gasteiger partial charge is 0.496 e. The molecule has 0 aromatic heterocycles. The molecule has 1 unspecified atom stereocenters. The predicted molar refractivity (Wildman–Crippen MR) is 186 cm³/mol. The summed E-state index contributed by atoms with van der Waals surface area (Å²) in [6.45, 7) is 18.3. The maximum Gasteiger partial charge on any atom is 0.416 e.